The number of carbonyl (C=O) groups is 3. The maximum absolute atomic E-state index is 12.9. The van der Waals surface area contributed by atoms with Crippen molar-refractivity contribution in [1.82, 2.24) is 0 Å². The predicted molar refractivity (Wildman–Crippen MR) is 330 cm³/mol. The van der Waals surface area contributed by atoms with E-state index in [0.717, 1.165) is 96.3 Å². The molecule has 0 spiro atoms. The molecule has 76 heavy (non-hydrogen) atoms. The zero-order valence-electron chi connectivity index (χ0n) is 50.8. The largest absolute Gasteiger partial charge is 0.462 e. The zero-order chi connectivity index (χ0) is 55.0. The van der Waals surface area contributed by atoms with Gasteiger partial charge in [-0.05, 0) is 64.2 Å². The van der Waals surface area contributed by atoms with Crippen LogP contribution in [0.1, 0.15) is 348 Å². The molecule has 0 bridgehead atoms. The highest BCUT2D eigenvalue weighted by Gasteiger charge is 2.19. The average Bonchev–Trinajstić information content (AvgIpc) is 3.42. The van der Waals surface area contributed by atoms with Gasteiger partial charge in [0.15, 0.2) is 6.10 Å². The Morgan fingerprint density at radius 2 is 0.513 bits per heavy atom. The van der Waals surface area contributed by atoms with Crippen LogP contribution in [0.2, 0.25) is 0 Å². The molecule has 442 valence electrons. The number of rotatable bonds is 61. The van der Waals surface area contributed by atoms with Gasteiger partial charge in [-0.25, -0.2) is 0 Å². The van der Waals surface area contributed by atoms with Gasteiger partial charge in [-0.3, -0.25) is 14.4 Å². The third-order valence-corrected chi connectivity index (χ3v) is 14.8. The first kappa shape index (κ1) is 73.1. The monoisotopic (exact) mass is 1060 g/mol. The number of allylic oxidation sites excluding steroid dienone is 10. The topological polar surface area (TPSA) is 78.9 Å². The lowest BCUT2D eigenvalue weighted by atomic mass is 10.0. The van der Waals surface area contributed by atoms with Crippen LogP contribution in [0.4, 0.5) is 0 Å². The van der Waals surface area contributed by atoms with Gasteiger partial charge in [-0.2, -0.15) is 0 Å². The normalized spacial score (nSPS) is 12.4. The molecule has 0 amide bonds. The lowest BCUT2D eigenvalue weighted by molar-refractivity contribution is -0.167. The van der Waals surface area contributed by atoms with Crippen LogP contribution < -0.4 is 0 Å². The number of hydrogen-bond acceptors (Lipinski definition) is 6. The molecule has 0 aliphatic heterocycles. The summed E-state index contributed by atoms with van der Waals surface area (Å²) in [4.78, 5) is 38.2. The SMILES string of the molecule is CC/C=C\C/C=C\C/C=C\C/C=C\C/C=C\CCCCCCCCCCCC(=O)OCC(COC(=O)CCCCCCCCCC)OC(=O)CCCCCCCCCCCCCCCCCCCCCCCCCCC. The Bertz CT molecular complexity index is 1360. The van der Waals surface area contributed by atoms with E-state index in [0.29, 0.717) is 19.3 Å². The van der Waals surface area contributed by atoms with Crippen LogP contribution in [0.15, 0.2) is 60.8 Å². The molecule has 0 aromatic heterocycles. The van der Waals surface area contributed by atoms with Crippen LogP contribution in [-0.4, -0.2) is 37.2 Å². The number of carbonyl (C=O) groups excluding carboxylic acids is 3. The molecule has 0 fully saturated rings. The molecule has 0 saturated heterocycles. The summed E-state index contributed by atoms with van der Waals surface area (Å²) in [5, 5.41) is 0. The summed E-state index contributed by atoms with van der Waals surface area (Å²) < 4.78 is 16.9. The fourth-order valence-corrected chi connectivity index (χ4v) is 9.83. The van der Waals surface area contributed by atoms with E-state index in [-0.39, 0.29) is 31.1 Å². The minimum atomic E-state index is -0.773. The van der Waals surface area contributed by atoms with Crippen molar-refractivity contribution in [3.63, 3.8) is 0 Å². The van der Waals surface area contributed by atoms with Crippen LogP contribution in [0.3, 0.4) is 0 Å². The van der Waals surface area contributed by atoms with Gasteiger partial charge in [0.2, 0.25) is 0 Å². The van der Waals surface area contributed by atoms with E-state index in [1.165, 1.54) is 212 Å². The molecule has 1 atom stereocenters. The van der Waals surface area contributed by atoms with Crippen LogP contribution in [0.25, 0.3) is 0 Å². The van der Waals surface area contributed by atoms with Crippen LogP contribution >= 0.6 is 0 Å². The predicted octanol–water partition coefficient (Wildman–Crippen LogP) is 22.7. The summed E-state index contributed by atoms with van der Waals surface area (Å²) in [5.41, 5.74) is 0. The van der Waals surface area contributed by atoms with Crippen molar-refractivity contribution in [3.8, 4) is 0 Å². The molecule has 6 heteroatoms. The minimum absolute atomic E-state index is 0.0717. The van der Waals surface area contributed by atoms with Gasteiger partial charge in [0.25, 0.3) is 0 Å². The summed E-state index contributed by atoms with van der Waals surface area (Å²) in [7, 11) is 0. The number of hydrogen-bond donors (Lipinski definition) is 0. The highest BCUT2D eigenvalue weighted by atomic mass is 16.6. The Morgan fingerprint density at radius 3 is 0.803 bits per heavy atom. The molecular formula is C70H126O6. The molecule has 0 aromatic rings. The van der Waals surface area contributed by atoms with Crippen LogP contribution in [0.5, 0.6) is 0 Å². The van der Waals surface area contributed by atoms with Gasteiger partial charge >= 0.3 is 17.9 Å². The van der Waals surface area contributed by atoms with Crippen LogP contribution in [0, 0.1) is 0 Å². The Hall–Kier alpha value is -2.89. The molecule has 1 unspecified atom stereocenters. The summed E-state index contributed by atoms with van der Waals surface area (Å²) in [6.45, 7) is 6.55. The van der Waals surface area contributed by atoms with Gasteiger partial charge in [-0.1, -0.05) is 326 Å². The lowest BCUT2D eigenvalue weighted by Crippen LogP contribution is -2.30. The fourth-order valence-electron chi connectivity index (χ4n) is 9.83. The molecule has 0 saturated carbocycles. The van der Waals surface area contributed by atoms with E-state index < -0.39 is 6.10 Å². The lowest BCUT2D eigenvalue weighted by Gasteiger charge is -2.18. The van der Waals surface area contributed by atoms with Crippen molar-refractivity contribution in [2.75, 3.05) is 13.2 Å². The maximum Gasteiger partial charge on any atom is 0.306 e. The fraction of sp³-hybridized carbons (Fsp3) is 0.814. The molecule has 0 radical (unpaired) electrons. The Balaban J connectivity index is 4.13. The summed E-state index contributed by atoms with van der Waals surface area (Å²) in [6, 6.07) is 0. The van der Waals surface area contributed by atoms with E-state index in [9.17, 15) is 14.4 Å². The van der Waals surface area contributed by atoms with Gasteiger partial charge in [0.1, 0.15) is 13.2 Å². The minimum Gasteiger partial charge on any atom is -0.462 e. The van der Waals surface area contributed by atoms with Gasteiger partial charge < -0.3 is 14.2 Å². The van der Waals surface area contributed by atoms with Crippen molar-refractivity contribution in [3.05, 3.63) is 60.8 Å². The van der Waals surface area contributed by atoms with E-state index in [1.54, 1.807) is 0 Å². The van der Waals surface area contributed by atoms with Gasteiger partial charge in [-0.15, -0.1) is 0 Å². The third kappa shape index (κ3) is 62.0. The third-order valence-electron chi connectivity index (χ3n) is 14.8. The first-order chi connectivity index (χ1) is 37.5. The van der Waals surface area contributed by atoms with Crippen molar-refractivity contribution in [1.29, 1.82) is 0 Å². The van der Waals surface area contributed by atoms with E-state index in [1.807, 2.05) is 0 Å². The second-order valence-electron chi connectivity index (χ2n) is 22.4. The van der Waals surface area contributed by atoms with Crippen molar-refractivity contribution < 1.29 is 28.6 Å². The zero-order valence-corrected chi connectivity index (χ0v) is 50.8. The smallest absolute Gasteiger partial charge is 0.306 e. The Morgan fingerprint density at radius 1 is 0.276 bits per heavy atom. The van der Waals surface area contributed by atoms with E-state index in [4.69, 9.17) is 14.2 Å². The number of unbranched alkanes of at least 4 members (excludes halogenated alkanes) is 40. The van der Waals surface area contributed by atoms with E-state index >= 15 is 0 Å². The molecule has 0 aliphatic rings. The summed E-state index contributed by atoms with van der Waals surface area (Å²) >= 11 is 0. The van der Waals surface area contributed by atoms with Crippen molar-refractivity contribution in [2.24, 2.45) is 0 Å². The first-order valence-electron chi connectivity index (χ1n) is 33.3. The highest BCUT2D eigenvalue weighted by Crippen LogP contribution is 2.18. The molecule has 0 rings (SSSR count). The quantitative estimate of drug-likeness (QED) is 0.0261. The average molecular weight is 1060 g/mol. The van der Waals surface area contributed by atoms with Crippen molar-refractivity contribution >= 4 is 17.9 Å². The van der Waals surface area contributed by atoms with Gasteiger partial charge in [0, 0.05) is 19.3 Å². The molecule has 6 nitrogen and oxygen atoms in total. The number of esters is 3. The maximum atomic E-state index is 12.9. The Kier molecular flexibility index (Phi) is 62.2. The van der Waals surface area contributed by atoms with E-state index in [2.05, 4.69) is 81.5 Å². The molecular weight excluding hydrogens is 937 g/mol. The first-order valence-corrected chi connectivity index (χ1v) is 33.3. The van der Waals surface area contributed by atoms with Crippen LogP contribution in [-0.2, 0) is 28.6 Å². The molecule has 0 heterocycles. The standard InChI is InChI=1S/C70H126O6/c1-4-7-10-13-16-19-21-23-25-27-29-31-33-35-37-39-41-43-45-47-49-51-54-57-60-63-69(72)75-66-67(65-74-68(71)62-59-56-53-18-15-12-9-6-3)76-70(73)64-61-58-55-52-50-48-46-44-42-40-38-36-34-32-30-28-26-24-22-20-17-14-11-8-5-2/h7,10,16,19,23,25,29,31,35,37,67H,4-6,8-9,11-15,17-18,20-22,24,26-28,30,32-34,36,38-66H2,1-3H3/b10-7-,19-16-,25-23-,31-29-,37-35-. The molecule has 0 aromatic carbocycles. The Labute approximate surface area is 472 Å². The van der Waals surface area contributed by atoms with Crippen molar-refractivity contribution in [2.45, 2.75) is 354 Å². The molecule has 0 N–H and O–H groups in total. The molecule has 0 aliphatic carbocycles. The van der Waals surface area contributed by atoms with Gasteiger partial charge in [0.05, 0.1) is 0 Å². The second kappa shape index (κ2) is 64.6. The summed E-state index contributed by atoms with van der Waals surface area (Å²) in [5.74, 6) is -0.862. The number of ether oxygens (including phenoxy) is 3. The highest BCUT2D eigenvalue weighted by molar-refractivity contribution is 5.71. The second-order valence-corrected chi connectivity index (χ2v) is 22.4. The summed E-state index contributed by atoms with van der Waals surface area (Å²) in [6.07, 6.45) is 82.6.